The number of ether oxygens (including phenoxy) is 1. The Labute approximate surface area is 325 Å². The first kappa shape index (κ1) is 40.0. The monoisotopic (exact) mass is 746 g/mol. The van der Waals surface area contributed by atoms with Gasteiger partial charge in [-0.25, -0.2) is 0 Å². The molecule has 0 aromatic carbocycles. The van der Waals surface area contributed by atoms with E-state index >= 15 is 0 Å². The zero-order chi connectivity index (χ0) is 39.0. The zero-order valence-electron chi connectivity index (χ0n) is 34.9. The van der Waals surface area contributed by atoms with E-state index in [1.54, 1.807) is 7.11 Å². The summed E-state index contributed by atoms with van der Waals surface area (Å²) in [6.45, 7) is 17.9. The highest BCUT2D eigenvalue weighted by Gasteiger charge is 2.71. The van der Waals surface area contributed by atoms with Crippen LogP contribution in [0.5, 0.6) is 0 Å². The van der Waals surface area contributed by atoms with Crippen LogP contribution in [-0.4, -0.2) is 65.7 Å². The van der Waals surface area contributed by atoms with Gasteiger partial charge in [0.25, 0.3) is 0 Å². The highest BCUT2D eigenvalue weighted by atomic mass is 16.5. The van der Waals surface area contributed by atoms with Gasteiger partial charge in [-0.3, -0.25) is 14.4 Å². The van der Waals surface area contributed by atoms with Crippen molar-refractivity contribution in [2.75, 3.05) is 26.8 Å². The maximum atomic E-state index is 14.3. The number of rotatable bonds is 11. The largest absolute Gasteiger partial charge is 0.481 e. The Balaban J connectivity index is 1.23. The summed E-state index contributed by atoms with van der Waals surface area (Å²) in [5.74, 6) is 1.15. The molecule has 300 valence electrons. The topological polar surface area (TPSA) is 104 Å². The minimum atomic E-state index is -0.787. The zero-order valence-corrected chi connectivity index (χ0v) is 34.9. The van der Waals surface area contributed by atoms with Gasteiger partial charge in [0.2, 0.25) is 5.91 Å². The summed E-state index contributed by atoms with van der Waals surface area (Å²) in [5.41, 5.74) is 4.80. The van der Waals surface area contributed by atoms with Crippen LogP contribution in [0.4, 0.5) is 0 Å². The number of hydrogen-bond acceptors (Lipinski definition) is 5. The molecule has 2 N–H and O–H groups in total. The standard InChI is InChI=1S/C47H71NO6/c1-9-47-24-23-46(38(50)27-48(39(51)28-54-8)26-30-11-10-12-30)25-35(49)40(29(2)3)41(46)34(47)17-18-37-44(6)21-19-33(31-13-15-32(16-14-31)42(52)53)43(4,5)36(44)20-22-45(37,47)7/h13,19,29-30,32,34,36-38,50H,9-12,14-18,20-28H2,1-8H3,(H,52,53)/t32?,34-,36+,37-,38+,44+,45-,46+,47-/m1/s1. The average molecular weight is 746 g/mol. The van der Waals surface area contributed by atoms with Crippen LogP contribution in [0.2, 0.25) is 0 Å². The first-order chi connectivity index (χ1) is 25.5. The van der Waals surface area contributed by atoms with E-state index in [4.69, 9.17) is 4.74 Å². The fourth-order valence-electron chi connectivity index (χ4n) is 15.0. The number of Topliss-reactive ketones (excluding diaryl/α,β-unsaturated/α-hetero) is 1. The number of aliphatic carboxylic acids is 1. The number of aliphatic hydroxyl groups excluding tert-OH is 1. The number of carbonyl (C=O) groups is 3. The second-order valence-electron chi connectivity index (χ2n) is 20.6. The summed E-state index contributed by atoms with van der Waals surface area (Å²) in [7, 11) is 1.56. The van der Waals surface area contributed by atoms with E-state index in [0.717, 1.165) is 69.8 Å². The summed E-state index contributed by atoms with van der Waals surface area (Å²) in [6, 6.07) is 0. The molecule has 0 aliphatic heterocycles. The Morgan fingerprint density at radius 1 is 0.981 bits per heavy atom. The molecule has 0 radical (unpaired) electrons. The molecule has 9 atom stereocenters. The SMILES string of the molecule is CC[C@@]12CC[C@@]3([C@@H](O)CN(CC4CCC4)C(=O)COC)CC(=O)C(C(C)C)=C3[C@H]1CC[C@@H]1[C@@]3(C)CC=C(C4=CCC(C(=O)O)CC4)C(C)(C)[C@@H]3CC[C@]12C. The van der Waals surface area contributed by atoms with Crippen LogP contribution in [0.1, 0.15) is 145 Å². The Kier molecular flexibility index (Phi) is 10.6. The fraction of sp³-hybridized carbons (Fsp3) is 0.809. The number of amides is 1. The van der Waals surface area contributed by atoms with E-state index in [1.165, 1.54) is 36.0 Å². The second-order valence-corrected chi connectivity index (χ2v) is 20.6. The maximum Gasteiger partial charge on any atom is 0.306 e. The Morgan fingerprint density at radius 3 is 2.31 bits per heavy atom. The van der Waals surface area contributed by atoms with Gasteiger partial charge in [0.05, 0.1) is 12.0 Å². The normalized spacial score (nSPS) is 39.4. The lowest BCUT2D eigenvalue weighted by Crippen LogP contribution is -2.65. The summed E-state index contributed by atoms with van der Waals surface area (Å²) in [4.78, 5) is 41.3. The maximum absolute atomic E-state index is 14.3. The lowest BCUT2D eigenvalue weighted by atomic mass is 9.32. The molecule has 0 heterocycles. The van der Waals surface area contributed by atoms with Crippen molar-refractivity contribution >= 4 is 17.7 Å². The molecule has 0 aromatic heterocycles. The molecular weight excluding hydrogens is 675 g/mol. The Bertz CT molecular complexity index is 1620. The molecule has 1 amide bonds. The molecular formula is C47H71NO6. The van der Waals surface area contributed by atoms with Crippen molar-refractivity contribution in [1.82, 2.24) is 4.90 Å². The van der Waals surface area contributed by atoms with Gasteiger partial charge in [-0.1, -0.05) is 72.6 Å². The minimum absolute atomic E-state index is 0.00902. The number of allylic oxidation sites excluding steroid dienone is 5. The second kappa shape index (κ2) is 14.3. The van der Waals surface area contributed by atoms with Gasteiger partial charge in [-0.05, 0) is 151 Å². The first-order valence-corrected chi connectivity index (χ1v) is 21.9. The number of methoxy groups -OCH3 is 1. The van der Waals surface area contributed by atoms with Crippen LogP contribution in [0, 0.1) is 62.6 Å². The number of fused-ring (bicyclic) bond motifs is 7. The number of ketones is 1. The average Bonchev–Trinajstić information content (AvgIpc) is 3.42. The summed E-state index contributed by atoms with van der Waals surface area (Å²) in [5, 5.41) is 22.2. The van der Waals surface area contributed by atoms with Crippen molar-refractivity contribution < 1.29 is 29.3 Å². The Morgan fingerprint density at radius 2 is 1.72 bits per heavy atom. The summed E-state index contributed by atoms with van der Waals surface area (Å²) in [6.07, 6.45) is 18.5. The molecule has 7 aliphatic rings. The van der Waals surface area contributed by atoms with Gasteiger partial charge in [0.1, 0.15) is 6.61 Å². The van der Waals surface area contributed by atoms with E-state index < -0.39 is 17.5 Å². The number of nitrogens with zero attached hydrogens (tertiary/aromatic N) is 1. The van der Waals surface area contributed by atoms with Crippen LogP contribution in [0.15, 0.2) is 34.4 Å². The van der Waals surface area contributed by atoms with E-state index in [0.29, 0.717) is 37.1 Å². The molecule has 7 heteroatoms. The van der Waals surface area contributed by atoms with Gasteiger partial charge < -0.3 is 19.8 Å². The summed E-state index contributed by atoms with van der Waals surface area (Å²) >= 11 is 0. The van der Waals surface area contributed by atoms with E-state index in [9.17, 15) is 24.6 Å². The molecule has 1 unspecified atom stereocenters. The van der Waals surface area contributed by atoms with Crippen molar-refractivity contribution in [3.8, 4) is 0 Å². The molecule has 0 aromatic rings. The molecule has 4 saturated carbocycles. The van der Waals surface area contributed by atoms with Crippen molar-refractivity contribution in [2.24, 2.45) is 62.6 Å². The van der Waals surface area contributed by atoms with Crippen molar-refractivity contribution in [3.05, 3.63) is 34.4 Å². The van der Waals surface area contributed by atoms with Crippen LogP contribution >= 0.6 is 0 Å². The van der Waals surface area contributed by atoms with Crippen LogP contribution in [0.25, 0.3) is 0 Å². The van der Waals surface area contributed by atoms with Gasteiger partial charge >= 0.3 is 5.97 Å². The predicted molar refractivity (Wildman–Crippen MR) is 212 cm³/mol. The third-order valence-corrected chi connectivity index (χ3v) is 17.8. The van der Waals surface area contributed by atoms with Crippen molar-refractivity contribution in [1.29, 1.82) is 0 Å². The molecule has 0 saturated heterocycles. The summed E-state index contributed by atoms with van der Waals surface area (Å²) < 4.78 is 5.30. The quantitative estimate of drug-likeness (QED) is 0.219. The van der Waals surface area contributed by atoms with Gasteiger partial charge in [0.15, 0.2) is 5.78 Å². The highest BCUT2D eigenvalue weighted by molar-refractivity contribution is 6.00. The van der Waals surface area contributed by atoms with Gasteiger partial charge in [-0.15, -0.1) is 0 Å². The number of carboxylic acid groups (broad SMARTS) is 1. The van der Waals surface area contributed by atoms with Crippen molar-refractivity contribution in [2.45, 2.75) is 151 Å². The van der Waals surface area contributed by atoms with E-state index in [2.05, 4.69) is 60.6 Å². The molecule has 7 aliphatic carbocycles. The van der Waals surface area contributed by atoms with Crippen LogP contribution in [-0.2, 0) is 19.1 Å². The number of hydrogen-bond donors (Lipinski definition) is 2. The molecule has 7 rings (SSSR count). The minimum Gasteiger partial charge on any atom is -0.481 e. The Hall–Kier alpha value is -2.25. The first-order valence-electron chi connectivity index (χ1n) is 21.9. The fourth-order valence-corrected chi connectivity index (χ4v) is 15.0. The van der Waals surface area contributed by atoms with Gasteiger partial charge in [-0.2, -0.15) is 0 Å². The highest BCUT2D eigenvalue weighted by Crippen LogP contribution is 2.78. The van der Waals surface area contributed by atoms with Gasteiger partial charge in [0, 0.05) is 32.0 Å². The lowest BCUT2D eigenvalue weighted by Gasteiger charge is -2.72. The third-order valence-electron chi connectivity index (χ3n) is 17.8. The third kappa shape index (κ3) is 5.88. The predicted octanol–water partition coefficient (Wildman–Crippen LogP) is 9.34. The smallest absolute Gasteiger partial charge is 0.306 e. The van der Waals surface area contributed by atoms with E-state index in [1.807, 2.05) is 4.90 Å². The number of carboxylic acids is 1. The molecule has 0 spiro atoms. The molecule has 54 heavy (non-hydrogen) atoms. The van der Waals surface area contributed by atoms with Crippen molar-refractivity contribution in [3.63, 3.8) is 0 Å². The molecule has 7 nitrogen and oxygen atoms in total. The number of carbonyl (C=O) groups excluding carboxylic acids is 2. The lowest BCUT2D eigenvalue weighted by molar-refractivity contribution is -0.210. The van der Waals surface area contributed by atoms with Crippen LogP contribution in [0.3, 0.4) is 0 Å². The van der Waals surface area contributed by atoms with Crippen LogP contribution < -0.4 is 0 Å². The molecule has 0 bridgehead atoms. The van der Waals surface area contributed by atoms with E-state index in [-0.39, 0.29) is 64.3 Å². The molecule has 4 fully saturated rings. The number of aliphatic hydroxyl groups is 1.